The molecule has 10 aromatic rings. The number of hydrogen-bond acceptors (Lipinski definition) is 11. The highest BCUT2D eigenvalue weighted by atomic mass is 31.2. The number of rotatable bonds is 26. The Hall–Kier alpha value is -7.64. The molecule has 0 N–H and O–H groups in total. The number of hydrogen-bond donors (Lipinski definition) is 0. The van der Waals surface area contributed by atoms with Gasteiger partial charge in [-0.3, -0.25) is 18.3 Å². The molecule has 0 aromatic heterocycles. The summed E-state index contributed by atoms with van der Waals surface area (Å²) in [5.41, 5.74) is 0. The van der Waals surface area contributed by atoms with Crippen LogP contribution in [-0.2, 0) is 36.4 Å². The van der Waals surface area contributed by atoms with E-state index in [1.165, 1.54) is 0 Å². The van der Waals surface area contributed by atoms with Crippen molar-refractivity contribution in [1.29, 1.82) is 0 Å². The van der Waals surface area contributed by atoms with Crippen molar-refractivity contribution < 1.29 is 50.6 Å². The minimum atomic E-state index is -3.76. The van der Waals surface area contributed by atoms with Crippen molar-refractivity contribution in [2.75, 3.05) is 26.4 Å². The molecule has 0 saturated heterocycles. The number of ether oxygens (including phenoxy) is 3. The van der Waals surface area contributed by atoms with Gasteiger partial charge in [0.05, 0.1) is 13.2 Å². The van der Waals surface area contributed by atoms with E-state index in [1.54, 1.807) is 146 Å². The SMILES string of the molecule is O=P(OCC(COc1ccc(Oc2ccc(OCC(COP(=O)(c3ccccc3)c3ccccc3)OP(=O)(c3ccccc3)c3ccccc3)cc2)cc1)OP(=O)(c1ccccc1)c1ccccc1)(c1ccccc1)c1ccccc1. The molecule has 11 nitrogen and oxygen atoms in total. The zero-order valence-corrected chi connectivity index (χ0v) is 47.6. The third-order valence-corrected chi connectivity index (χ3v) is 23.0. The summed E-state index contributed by atoms with van der Waals surface area (Å²) in [5.74, 6) is 1.97. The zero-order chi connectivity index (χ0) is 55.8. The summed E-state index contributed by atoms with van der Waals surface area (Å²) in [7, 11) is -14.9. The fourth-order valence-electron chi connectivity index (χ4n) is 8.87. The molecule has 15 heteroatoms. The molecule has 408 valence electrons. The summed E-state index contributed by atoms with van der Waals surface area (Å²) < 4.78 is 106. The topological polar surface area (TPSA) is 133 Å². The average molecular weight is 1150 g/mol. The van der Waals surface area contributed by atoms with E-state index in [-0.39, 0.29) is 26.4 Å². The van der Waals surface area contributed by atoms with Gasteiger partial charge in [-0.15, -0.1) is 0 Å². The first-order valence-electron chi connectivity index (χ1n) is 26.3. The van der Waals surface area contributed by atoms with Crippen LogP contribution in [0, 0.1) is 0 Å². The molecule has 0 aliphatic rings. The van der Waals surface area contributed by atoms with Crippen LogP contribution >= 0.6 is 29.5 Å². The lowest BCUT2D eigenvalue weighted by molar-refractivity contribution is 0.0894. The molecule has 0 saturated carbocycles. The van der Waals surface area contributed by atoms with Gasteiger partial charge in [0.2, 0.25) is 0 Å². The molecular formula is C66H58O11P4. The van der Waals surface area contributed by atoms with Crippen LogP contribution in [0.25, 0.3) is 0 Å². The van der Waals surface area contributed by atoms with Crippen LogP contribution in [0.2, 0.25) is 0 Å². The van der Waals surface area contributed by atoms with Crippen molar-refractivity contribution in [3.63, 3.8) is 0 Å². The van der Waals surface area contributed by atoms with Gasteiger partial charge in [0.15, 0.2) is 0 Å². The van der Waals surface area contributed by atoms with Crippen LogP contribution in [0.15, 0.2) is 291 Å². The molecule has 0 fully saturated rings. The van der Waals surface area contributed by atoms with Crippen molar-refractivity contribution in [3.8, 4) is 23.0 Å². The molecule has 81 heavy (non-hydrogen) atoms. The number of benzene rings is 10. The summed E-state index contributed by atoms with van der Waals surface area (Å²) in [4.78, 5) is 0. The fraction of sp³-hybridized carbons (Fsp3) is 0.0909. The smallest absolute Gasteiger partial charge is 0.261 e. The van der Waals surface area contributed by atoms with Gasteiger partial charge in [-0.25, -0.2) is 0 Å². The first kappa shape index (κ1) is 56.6. The lowest BCUT2D eigenvalue weighted by Crippen LogP contribution is -2.32. The van der Waals surface area contributed by atoms with Crippen LogP contribution < -0.4 is 56.6 Å². The van der Waals surface area contributed by atoms with E-state index in [0.717, 1.165) is 0 Å². The van der Waals surface area contributed by atoms with Gasteiger partial charge in [-0.05, 0) is 146 Å². The minimum Gasteiger partial charge on any atom is -0.491 e. The summed E-state index contributed by atoms with van der Waals surface area (Å²) in [5, 5.41) is 4.00. The van der Waals surface area contributed by atoms with Gasteiger partial charge in [-0.1, -0.05) is 146 Å². The second-order valence-corrected chi connectivity index (χ2v) is 28.1. The summed E-state index contributed by atoms with van der Waals surface area (Å²) in [6, 6.07) is 86.2. The summed E-state index contributed by atoms with van der Waals surface area (Å²) >= 11 is 0. The third-order valence-electron chi connectivity index (χ3n) is 13.0. The van der Waals surface area contributed by atoms with E-state index < -0.39 is 41.7 Å². The maximum absolute atomic E-state index is 15.2. The Morgan fingerprint density at radius 2 is 0.432 bits per heavy atom. The van der Waals surface area contributed by atoms with Crippen molar-refractivity contribution in [1.82, 2.24) is 0 Å². The van der Waals surface area contributed by atoms with Gasteiger partial charge in [0.25, 0.3) is 29.5 Å². The highest BCUT2D eigenvalue weighted by Crippen LogP contribution is 2.50. The molecule has 0 radical (unpaired) electrons. The highest BCUT2D eigenvalue weighted by molar-refractivity contribution is 7.75. The molecule has 0 aliphatic carbocycles. The molecule has 0 bridgehead atoms. The van der Waals surface area contributed by atoms with Gasteiger partial charge >= 0.3 is 0 Å². The summed E-state index contributed by atoms with van der Waals surface area (Å²) in [6.07, 6.45) is -1.93. The quantitative estimate of drug-likeness (QED) is 0.0480. The van der Waals surface area contributed by atoms with Gasteiger partial charge < -0.3 is 32.3 Å². The Kier molecular flexibility index (Phi) is 18.7. The fourth-order valence-corrected chi connectivity index (χ4v) is 17.5. The van der Waals surface area contributed by atoms with E-state index in [0.29, 0.717) is 65.4 Å². The Labute approximate surface area is 472 Å². The third kappa shape index (κ3) is 13.9. The monoisotopic (exact) mass is 1150 g/mol. The highest BCUT2D eigenvalue weighted by Gasteiger charge is 2.37. The van der Waals surface area contributed by atoms with Gasteiger partial charge in [0.1, 0.15) is 48.4 Å². The summed E-state index contributed by atoms with van der Waals surface area (Å²) in [6.45, 7) is -0.662. The average Bonchev–Trinajstić information content (AvgIpc) is 3.57. The zero-order valence-electron chi connectivity index (χ0n) is 44.0. The standard InChI is InChI=1S/C66H58O11P4/c67-78(59-25-9-1-10-26-59,60-27-11-2-12-28-60)73-51-57(76-80(69,63-33-17-5-18-34-63)64-35-19-6-20-36-64)49-71-53-41-45-55(46-42-53)75-56-47-43-54(44-48-56)72-50-58(77-81(70,65-37-21-7-22-38-65)66-39-23-8-24-40-66)52-74-79(68,61-29-13-3-14-30-61)62-31-15-4-16-32-62/h1-48,57-58H,49-52H2. The minimum absolute atomic E-state index is 0.109. The molecule has 0 spiro atoms. The van der Waals surface area contributed by atoms with E-state index >= 15 is 18.3 Å². The van der Waals surface area contributed by atoms with E-state index in [4.69, 9.17) is 32.3 Å². The Morgan fingerprint density at radius 1 is 0.235 bits per heavy atom. The molecule has 2 atom stereocenters. The van der Waals surface area contributed by atoms with Crippen molar-refractivity contribution in [2.45, 2.75) is 12.2 Å². The van der Waals surface area contributed by atoms with Crippen molar-refractivity contribution >= 4 is 71.9 Å². The molecule has 0 aliphatic heterocycles. The van der Waals surface area contributed by atoms with Crippen LogP contribution in [0.3, 0.4) is 0 Å². The normalized spacial score (nSPS) is 12.7. The molecule has 10 aromatic carbocycles. The lowest BCUT2D eigenvalue weighted by Gasteiger charge is -2.28. The Bertz CT molecular complexity index is 3320. The van der Waals surface area contributed by atoms with E-state index in [2.05, 4.69) is 0 Å². The predicted molar refractivity (Wildman–Crippen MR) is 325 cm³/mol. The van der Waals surface area contributed by atoms with E-state index in [1.807, 2.05) is 146 Å². The molecule has 0 amide bonds. The molecule has 10 rings (SSSR count). The Morgan fingerprint density at radius 3 is 0.654 bits per heavy atom. The first-order chi connectivity index (χ1) is 39.6. The molecular weight excluding hydrogens is 1090 g/mol. The van der Waals surface area contributed by atoms with Crippen LogP contribution in [-0.4, -0.2) is 38.6 Å². The maximum atomic E-state index is 15.2. The van der Waals surface area contributed by atoms with Crippen molar-refractivity contribution in [3.05, 3.63) is 291 Å². The van der Waals surface area contributed by atoms with Crippen molar-refractivity contribution in [2.24, 2.45) is 0 Å². The second kappa shape index (κ2) is 26.8. The van der Waals surface area contributed by atoms with Crippen LogP contribution in [0.5, 0.6) is 23.0 Å². The van der Waals surface area contributed by atoms with Crippen LogP contribution in [0.1, 0.15) is 0 Å². The first-order valence-corrected chi connectivity index (χ1v) is 32.8. The molecule has 0 heterocycles. The Balaban J connectivity index is 0.843. The predicted octanol–water partition coefficient (Wildman–Crippen LogP) is 12.8. The van der Waals surface area contributed by atoms with Gasteiger partial charge in [0, 0.05) is 42.4 Å². The van der Waals surface area contributed by atoms with Gasteiger partial charge in [-0.2, -0.15) is 0 Å². The second-order valence-electron chi connectivity index (χ2n) is 18.6. The van der Waals surface area contributed by atoms with Crippen LogP contribution in [0.4, 0.5) is 0 Å². The lowest BCUT2D eigenvalue weighted by atomic mass is 10.3. The largest absolute Gasteiger partial charge is 0.491 e. The maximum Gasteiger partial charge on any atom is 0.261 e. The molecule has 2 unspecified atom stereocenters. The van der Waals surface area contributed by atoms with E-state index in [9.17, 15) is 0 Å².